The van der Waals surface area contributed by atoms with Crippen molar-refractivity contribution in [2.75, 3.05) is 13.2 Å². The zero-order valence-corrected chi connectivity index (χ0v) is 15.1. The van der Waals surface area contributed by atoms with Crippen LogP contribution in [0.3, 0.4) is 0 Å². The summed E-state index contributed by atoms with van der Waals surface area (Å²) in [7, 11) is 0. The molecule has 0 atom stereocenters. The van der Waals surface area contributed by atoms with Crippen molar-refractivity contribution < 1.29 is 19.1 Å². The van der Waals surface area contributed by atoms with Gasteiger partial charge in [0.15, 0.2) is 18.0 Å². The van der Waals surface area contributed by atoms with E-state index in [0.717, 1.165) is 23.1 Å². The number of carbonyl (C=O) groups is 2. The number of nitrogens with zero attached hydrogens (tertiary/aromatic N) is 3. The Balaban J connectivity index is 1.44. The average Bonchev–Trinajstić information content (AvgIpc) is 3.30. The lowest BCUT2D eigenvalue weighted by atomic mass is 10.1. The predicted octanol–water partition coefficient (Wildman–Crippen LogP) is 2.99. The number of hydrogen-bond donors (Lipinski definition) is 0. The Morgan fingerprint density at radius 3 is 2.89 bits per heavy atom. The van der Waals surface area contributed by atoms with Gasteiger partial charge in [-0.2, -0.15) is 5.10 Å². The van der Waals surface area contributed by atoms with E-state index in [1.54, 1.807) is 35.1 Å². The Morgan fingerprint density at radius 1 is 1.22 bits per heavy atom. The van der Waals surface area contributed by atoms with E-state index in [0.29, 0.717) is 23.4 Å². The van der Waals surface area contributed by atoms with Crippen molar-refractivity contribution in [3.8, 4) is 5.75 Å². The van der Waals surface area contributed by atoms with Gasteiger partial charge in [-0.3, -0.25) is 4.79 Å². The molecule has 138 valence electrons. The van der Waals surface area contributed by atoms with Crippen LogP contribution in [0.1, 0.15) is 46.2 Å². The second-order valence-corrected chi connectivity index (χ2v) is 6.74. The van der Waals surface area contributed by atoms with Gasteiger partial charge in [0.2, 0.25) is 0 Å². The molecule has 0 spiro atoms. The fourth-order valence-electron chi connectivity index (χ4n) is 3.09. The standard InChI is InChI=1S/C20H19N3O4/c1-12(2)23-19-15(10-22-23)8-16(9-21-19)20(25)27-11-17(24)13-3-4-18-14(7-13)5-6-26-18/h3-4,7-10,12H,5-6,11H2,1-2H3. The zero-order valence-electron chi connectivity index (χ0n) is 15.1. The van der Waals surface area contributed by atoms with Crippen molar-refractivity contribution in [3.63, 3.8) is 0 Å². The summed E-state index contributed by atoms with van der Waals surface area (Å²) in [5, 5.41) is 5.03. The van der Waals surface area contributed by atoms with Gasteiger partial charge >= 0.3 is 5.97 Å². The molecule has 0 unspecified atom stereocenters. The van der Waals surface area contributed by atoms with Gasteiger partial charge in [-0.25, -0.2) is 14.5 Å². The summed E-state index contributed by atoms with van der Waals surface area (Å²) >= 11 is 0. The molecule has 0 saturated heterocycles. The molecule has 1 aromatic carbocycles. The third kappa shape index (κ3) is 3.28. The number of pyridine rings is 1. The molecule has 0 amide bonds. The lowest BCUT2D eigenvalue weighted by Crippen LogP contribution is -2.14. The molecule has 2 aromatic heterocycles. The molecular formula is C20H19N3O4. The van der Waals surface area contributed by atoms with Crippen LogP contribution in [-0.2, 0) is 11.2 Å². The van der Waals surface area contributed by atoms with Gasteiger partial charge in [-0.05, 0) is 43.7 Å². The largest absolute Gasteiger partial charge is 0.493 e. The summed E-state index contributed by atoms with van der Waals surface area (Å²) in [6, 6.07) is 7.11. The maximum Gasteiger partial charge on any atom is 0.340 e. The summed E-state index contributed by atoms with van der Waals surface area (Å²) in [5.41, 5.74) is 2.52. The molecule has 7 nitrogen and oxygen atoms in total. The molecule has 7 heteroatoms. The fraction of sp³-hybridized carbons (Fsp3) is 0.300. The van der Waals surface area contributed by atoms with E-state index in [4.69, 9.17) is 9.47 Å². The zero-order chi connectivity index (χ0) is 19.0. The van der Waals surface area contributed by atoms with Crippen LogP contribution in [0.2, 0.25) is 0 Å². The summed E-state index contributed by atoms with van der Waals surface area (Å²) in [4.78, 5) is 28.9. The van der Waals surface area contributed by atoms with Crippen LogP contribution in [-0.4, -0.2) is 39.7 Å². The molecule has 3 aromatic rings. The number of rotatable bonds is 5. The van der Waals surface area contributed by atoms with Crippen molar-refractivity contribution in [1.29, 1.82) is 0 Å². The van der Waals surface area contributed by atoms with E-state index in [2.05, 4.69) is 10.1 Å². The Morgan fingerprint density at radius 2 is 2.07 bits per heavy atom. The average molecular weight is 365 g/mol. The van der Waals surface area contributed by atoms with Crippen molar-refractivity contribution in [2.45, 2.75) is 26.3 Å². The van der Waals surface area contributed by atoms with E-state index < -0.39 is 5.97 Å². The molecule has 0 radical (unpaired) electrons. The summed E-state index contributed by atoms with van der Waals surface area (Å²) < 4.78 is 12.4. The van der Waals surface area contributed by atoms with Crippen molar-refractivity contribution in [1.82, 2.24) is 14.8 Å². The molecule has 0 bridgehead atoms. The molecule has 0 aliphatic carbocycles. The number of Topliss-reactive ketones (excluding diaryl/α,β-unsaturated/α-hetero) is 1. The predicted molar refractivity (Wildman–Crippen MR) is 98.2 cm³/mol. The van der Waals surface area contributed by atoms with Crippen LogP contribution in [0.15, 0.2) is 36.7 Å². The maximum absolute atomic E-state index is 12.3. The monoisotopic (exact) mass is 365 g/mol. The highest BCUT2D eigenvalue weighted by Gasteiger charge is 2.17. The molecule has 0 N–H and O–H groups in total. The van der Waals surface area contributed by atoms with Crippen LogP contribution >= 0.6 is 0 Å². The van der Waals surface area contributed by atoms with Gasteiger partial charge < -0.3 is 9.47 Å². The molecule has 4 rings (SSSR count). The lowest BCUT2D eigenvalue weighted by Gasteiger charge is -2.07. The second-order valence-electron chi connectivity index (χ2n) is 6.74. The van der Waals surface area contributed by atoms with Gasteiger partial charge in [-0.1, -0.05) is 0 Å². The highest BCUT2D eigenvalue weighted by molar-refractivity contribution is 6.00. The van der Waals surface area contributed by atoms with Crippen LogP contribution in [0.25, 0.3) is 11.0 Å². The first-order valence-electron chi connectivity index (χ1n) is 8.82. The van der Waals surface area contributed by atoms with Crippen LogP contribution in [0.4, 0.5) is 0 Å². The quantitative estimate of drug-likeness (QED) is 0.511. The van der Waals surface area contributed by atoms with Crippen molar-refractivity contribution >= 4 is 22.8 Å². The molecule has 3 heterocycles. The summed E-state index contributed by atoms with van der Waals surface area (Å²) in [6.07, 6.45) is 3.89. The minimum absolute atomic E-state index is 0.170. The minimum atomic E-state index is -0.584. The van der Waals surface area contributed by atoms with E-state index >= 15 is 0 Å². The third-order valence-corrected chi connectivity index (χ3v) is 4.50. The van der Waals surface area contributed by atoms with Crippen molar-refractivity contribution in [2.24, 2.45) is 0 Å². The van der Waals surface area contributed by atoms with E-state index in [1.165, 1.54) is 6.20 Å². The SMILES string of the molecule is CC(C)n1ncc2cc(C(=O)OCC(=O)c3ccc4c(c3)CCO4)cnc21. The number of fused-ring (bicyclic) bond motifs is 2. The minimum Gasteiger partial charge on any atom is -0.493 e. The summed E-state index contributed by atoms with van der Waals surface area (Å²) in [6.45, 7) is 4.33. The molecule has 1 aliphatic heterocycles. The third-order valence-electron chi connectivity index (χ3n) is 4.50. The van der Waals surface area contributed by atoms with Gasteiger partial charge in [0.05, 0.1) is 18.4 Å². The lowest BCUT2D eigenvalue weighted by molar-refractivity contribution is 0.0474. The maximum atomic E-state index is 12.3. The second kappa shape index (κ2) is 6.83. The molecule has 1 aliphatic rings. The van der Waals surface area contributed by atoms with E-state index in [1.807, 2.05) is 13.8 Å². The smallest absolute Gasteiger partial charge is 0.340 e. The number of benzene rings is 1. The number of carbonyl (C=O) groups excluding carboxylic acids is 2. The van der Waals surface area contributed by atoms with E-state index in [9.17, 15) is 9.59 Å². The number of ether oxygens (including phenoxy) is 2. The number of ketones is 1. The van der Waals surface area contributed by atoms with Gasteiger partial charge in [0, 0.05) is 29.6 Å². The first-order valence-corrected chi connectivity index (χ1v) is 8.82. The fourth-order valence-corrected chi connectivity index (χ4v) is 3.09. The first-order chi connectivity index (χ1) is 13.0. The highest BCUT2D eigenvalue weighted by atomic mass is 16.5. The Bertz CT molecular complexity index is 1040. The molecule has 27 heavy (non-hydrogen) atoms. The molecule has 0 saturated carbocycles. The number of aromatic nitrogens is 3. The molecular weight excluding hydrogens is 346 g/mol. The van der Waals surface area contributed by atoms with Crippen LogP contribution < -0.4 is 4.74 Å². The van der Waals surface area contributed by atoms with Crippen molar-refractivity contribution in [3.05, 3.63) is 53.3 Å². The number of hydrogen-bond acceptors (Lipinski definition) is 6. The Kier molecular flexibility index (Phi) is 4.35. The Hall–Kier alpha value is -3.22. The van der Waals surface area contributed by atoms with Gasteiger partial charge in [0.1, 0.15) is 5.75 Å². The normalized spacial score (nSPS) is 12.9. The Labute approximate surface area is 155 Å². The number of esters is 1. The summed E-state index contributed by atoms with van der Waals surface area (Å²) in [5.74, 6) is -0.0240. The van der Waals surface area contributed by atoms with E-state index in [-0.39, 0.29) is 18.4 Å². The molecule has 0 fully saturated rings. The van der Waals surface area contributed by atoms with Gasteiger partial charge in [0.25, 0.3) is 0 Å². The van der Waals surface area contributed by atoms with Crippen LogP contribution in [0.5, 0.6) is 5.75 Å². The topological polar surface area (TPSA) is 83.3 Å². The van der Waals surface area contributed by atoms with Gasteiger partial charge in [-0.15, -0.1) is 0 Å². The highest BCUT2D eigenvalue weighted by Crippen LogP contribution is 2.26. The van der Waals surface area contributed by atoms with Crippen LogP contribution in [0, 0.1) is 0 Å². The first kappa shape index (κ1) is 17.2.